The summed E-state index contributed by atoms with van der Waals surface area (Å²) >= 11 is 0. The normalized spacial score (nSPS) is 15.4. The summed E-state index contributed by atoms with van der Waals surface area (Å²) < 4.78 is 0. The number of aromatic amines is 1. The summed E-state index contributed by atoms with van der Waals surface area (Å²) in [6.07, 6.45) is 3.41. The van der Waals surface area contributed by atoms with Crippen molar-refractivity contribution in [3.05, 3.63) is 52.2 Å². The molecule has 9 nitrogen and oxygen atoms in total. The second-order valence-corrected chi connectivity index (χ2v) is 7.17. The standard InChI is InChI=1S/C16H21N3O2.C4H4O4/c1-11(2)18-7-5-12(6-8-18)16-10-13-9-14(19(20)21)3-4-15(13)17-16;5-3(6)1-2-4(7)8/h3-4,9-12,17H,5-8H2,1-2H3;1-2H,(H,5,6)(H,7,8)/b;2-1-. The van der Waals surface area contributed by atoms with E-state index in [4.69, 9.17) is 10.2 Å². The lowest BCUT2D eigenvalue weighted by Crippen LogP contribution is -2.37. The lowest BCUT2D eigenvalue weighted by Gasteiger charge is -2.34. The van der Waals surface area contributed by atoms with E-state index in [1.807, 2.05) is 0 Å². The van der Waals surface area contributed by atoms with Gasteiger partial charge in [-0.05, 0) is 51.9 Å². The quantitative estimate of drug-likeness (QED) is 0.395. The number of hydrogen-bond acceptors (Lipinski definition) is 5. The lowest BCUT2D eigenvalue weighted by molar-refractivity contribution is -0.384. The molecule has 0 amide bonds. The van der Waals surface area contributed by atoms with E-state index in [0.29, 0.717) is 24.1 Å². The van der Waals surface area contributed by atoms with Gasteiger partial charge in [-0.25, -0.2) is 9.59 Å². The van der Waals surface area contributed by atoms with Crippen molar-refractivity contribution in [2.24, 2.45) is 0 Å². The van der Waals surface area contributed by atoms with Gasteiger partial charge in [0.2, 0.25) is 0 Å². The molecule has 2 aromatic rings. The molecular weight excluding hydrogens is 378 g/mol. The first-order chi connectivity index (χ1) is 13.7. The Labute approximate surface area is 167 Å². The minimum atomic E-state index is -1.26. The van der Waals surface area contributed by atoms with Crippen molar-refractivity contribution in [1.82, 2.24) is 9.88 Å². The van der Waals surface area contributed by atoms with Gasteiger partial charge >= 0.3 is 11.9 Å². The molecular formula is C20H25N3O6. The van der Waals surface area contributed by atoms with E-state index < -0.39 is 11.9 Å². The SMILES string of the molecule is CC(C)N1CCC(c2cc3cc([N+](=O)[O-])ccc3[nH]2)CC1.O=C(O)/C=C\C(=O)O. The highest BCUT2D eigenvalue weighted by molar-refractivity contribution is 5.89. The summed E-state index contributed by atoms with van der Waals surface area (Å²) in [4.78, 5) is 35.5. The van der Waals surface area contributed by atoms with E-state index in [-0.39, 0.29) is 10.6 Å². The first-order valence-electron chi connectivity index (χ1n) is 9.32. The molecule has 0 saturated carbocycles. The molecule has 1 fully saturated rings. The monoisotopic (exact) mass is 403 g/mol. The Kier molecular flexibility index (Phi) is 7.49. The predicted octanol–water partition coefficient (Wildman–Crippen LogP) is 3.38. The summed E-state index contributed by atoms with van der Waals surface area (Å²) in [5, 5.41) is 27.4. The minimum Gasteiger partial charge on any atom is -0.478 e. The fourth-order valence-electron chi connectivity index (χ4n) is 3.35. The molecule has 1 saturated heterocycles. The molecule has 3 N–H and O–H groups in total. The second-order valence-electron chi connectivity index (χ2n) is 7.17. The van der Waals surface area contributed by atoms with Crippen molar-refractivity contribution < 1.29 is 24.7 Å². The van der Waals surface area contributed by atoms with Gasteiger partial charge < -0.3 is 20.1 Å². The van der Waals surface area contributed by atoms with Crippen molar-refractivity contribution in [2.75, 3.05) is 13.1 Å². The zero-order chi connectivity index (χ0) is 21.6. The number of carboxylic acids is 2. The van der Waals surface area contributed by atoms with Crippen LogP contribution in [0.15, 0.2) is 36.4 Å². The average molecular weight is 403 g/mol. The number of piperidine rings is 1. The molecule has 2 heterocycles. The third kappa shape index (κ3) is 6.42. The molecule has 0 unspecified atom stereocenters. The Hall–Kier alpha value is -3.20. The molecule has 1 aliphatic rings. The van der Waals surface area contributed by atoms with Crippen molar-refractivity contribution in [2.45, 2.75) is 38.6 Å². The predicted molar refractivity (Wildman–Crippen MR) is 108 cm³/mol. The van der Waals surface area contributed by atoms with Crippen LogP contribution in [0.3, 0.4) is 0 Å². The van der Waals surface area contributed by atoms with Crippen LogP contribution in [0.2, 0.25) is 0 Å². The zero-order valence-electron chi connectivity index (χ0n) is 16.4. The van der Waals surface area contributed by atoms with Gasteiger partial charge in [-0.1, -0.05) is 0 Å². The molecule has 0 atom stereocenters. The number of aromatic nitrogens is 1. The first-order valence-corrected chi connectivity index (χ1v) is 9.32. The van der Waals surface area contributed by atoms with Crippen LogP contribution in [0.4, 0.5) is 5.69 Å². The number of carbonyl (C=O) groups is 2. The number of non-ortho nitro benzene ring substituents is 1. The third-order valence-electron chi connectivity index (χ3n) is 4.90. The van der Waals surface area contributed by atoms with Crippen LogP contribution >= 0.6 is 0 Å². The van der Waals surface area contributed by atoms with Crippen LogP contribution in [-0.2, 0) is 9.59 Å². The molecule has 156 valence electrons. The molecule has 29 heavy (non-hydrogen) atoms. The molecule has 3 rings (SSSR count). The van der Waals surface area contributed by atoms with E-state index in [9.17, 15) is 19.7 Å². The fraction of sp³-hybridized carbons (Fsp3) is 0.400. The Bertz CT molecular complexity index is 894. The van der Waals surface area contributed by atoms with Gasteiger partial charge in [0.05, 0.1) is 4.92 Å². The van der Waals surface area contributed by atoms with E-state index in [0.717, 1.165) is 36.8 Å². The highest BCUT2D eigenvalue weighted by atomic mass is 16.6. The van der Waals surface area contributed by atoms with Crippen LogP contribution in [-0.4, -0.2) is 56.1 Å². The number of fused-ring (bicyclic) bond motifs is 1. The van der Waals surface area contributed by atoms with Gasteiger partial charge in [-0.2, -0.15) is 0 Å². The molecule has 1 aliphatic heterocycles. The third-order valence-corrected chi connectivity index (χ3v) is 4.90. The van der Waals surface area contributed by atoms with E-state index >= 15 is 0 Å². The molecule has 1 aromatic carbocycles. The molecule has 0 aliphatic carbocycles. The molecule has 0 radical (unpaired) electrons. The maximum Gasteiger partial charge on any atom is 0.328 e. The van der Waals surface area contributed by atoms with Crippen LogP contribution in [0.1, 0.15) is 38.3 Å². The Morgan fingerprint density at radius 3 is 2.24 bits per heavy atom. The highest BCUT2D eigenvalue weighted by Crippen LogP contribution is 2.31. The largest absolute Gasteiger partial charge is 0.478 e. The smallest absolute Gasteiger partial charge is 0.328 e. The van der Waals surface area contributed by atoms with Gasteiger partial charge in [0.1, 0.15) is 0 Å². The van der Waals surface area contributed by atoms with Gasteiger partial charge in [-0.15, -0.1) is 0 Å². The lowest BCUT2D eigenvalue weighted by atomic mass is 9.93. The van der Waals surface area contributed by atoms with Crippen molar-refractivity contribution >= 4 is 28.5 Å². The number of H-pyrrole nitrogens is 1. The molecule has 0 spiro atoms. The summed E-state index contributed by atoms with van der Waals surface area (Å²) in [7, 11) is 0. The van der Waals surface area contributed by atoms with Crippen molar-refractivity contribution in [3.8, 4) is 0 Å². The second kappa shape index (κ2) is 9.83. The number of nitro groups is 1. The van der Waals surface area contributed by atoms with Crippen molar-refractivity contribution in [3.63, 3.8) is 0 Å². The summed E-state index contributed by atoms with van der Waals surface area (Å²) in [6.45, 7) is 6.72. The number of carboxylic acid groups (broad SMARTS) is 2. The van der Waals surface area contributed by atoms with Gasteiger partial charge in [0.25, 0.3) is 5.69 Å². The van der Waals surface area contributed by atoms with Gasteiger partial charge in [-0.3, -0.25) is 10.1 Å². The Morgan fingerprint density at radius 2 is 1.76 bits per heavy atom. The van der Waals surface area contributed by atoms with Gasteiger partial charge in [0, 0.05) is 52.8 Å². The summed E-state index contributed by atoms with van der Waals surface area (Å²) in [5.41, 5.74) is 2.36. The first kappa shape index (κ1) is 22.1. The van der Waals surface area contributed by atoms with Crippen LogP contribution < -0.4 is 0 Å². The van der Waals surface area contributed by atoms with Crippen LogP contribution in [0, 0.1) is 10.1 Å². The van der Waals surface area contributed by atoms with E-state index in [1.165, 1.54) is 5.69 Å². The Balaban J connectivity index is 0.000000321. The number of likely N-dealkylation sites (tertiary alicyclic amines) is 1. The summed E-state index contributed by atoms with van der Waals surface area (Å²) in [5.74, 6) is -1.98. The zero-order valence-corrected chi connectivity index (χ0v) is 16.4. The molecule has 9 heteroatoms. The number of hydrogen-bond donors (Lipinski definition) is 3. The maximum atomic E-state index is 10.8. The Morgan fingerprint density at radius 1 is 1.17 bits per heavy atom. The molecule has 1 aromatic heterocycles. The molecule has 0 bridgehead atoms. The average Bonchev–Trinajstić information content (AvgIpc) is 3.10. The number of nitrogens with zero attached hydrogens (tertiary/aromatic N) is 2. The summed E-state index contributed by atoms with van der Waals surface area (Å²) in [6, 6.07) is 7.71. The number of rotatable bonds is 5. The van der Waals surface area contributed by atoms with E-state index in [2.05, 4.69) is 29.8 Å². The van der Waals surface area contributed by atoms with Crippen LogP contribution in [0.25, 0.3) is 10.9 Å². The fourth-order valence-corrected chi connectivity index (χ4v) is 3.35. The van der Waals surface area contributed by atoms with Gasteiger partial charge in [0.15, 0.2) is 0 Å². The van der Waals surface area contributed by atoms with E-state index in [1.54, 1.807) is 18.2 Å². The number of nitrogens with one attached hydrogen (secondary N) is 1. The van der Waals surface area contributed by atoms with Crippen LogP contribution in [0.5, 0.6) is 0 Å². The maximum absolute atomic E-state index is 10.8. The number of benzene rings is 1. The topological polar surface area (TPSA) is 137 Å². The number of aliphatic carboxylic acids is 2. The van der Waals surface area contributed by atoms with Crippen molar-refractivity contribution in [1.29, 1.82) is 0 Å². The highest BCUT2D eigenvalue weighted by Gasteiger charge is 2.23. The number of nitro benzene ring substituents is 1. The minimum absolute atomic E-state index is 0.155.